The van der Waals surface area contributed by atoms with Crippen LogP contribution in [0.25, 0.3) is 0 Å². The van der Waals surface area contributed by atoms with E-state index in [9.17, 15) is 4.79 Å². The van der Waals surface area contributed by atoms with Crippen LogP contribution in [0.15, 0.2) is 18.2 Å². The van der Waals surface area contributed by atoms with Crippen molar-refractivity contribution >= 4 is 5.91 Å². The molecule has 9 nitrogen and oxygen atoms in total. The zero-order valence-corrected chi connectivity index (χ0v) is 16.8. The van der Waals surface area contributed by atoms with Crippen LogP contribution in [0.5, 0.6) is 11.5 Å². The number of carbonyl (C=O) groups is 1. The number of nitrogens with zero attached hydrogens (tertiary/aromatic N) is 4. The summed E-state index contributed by atoms with van der Waals surface area (Å²) in [7, 11) is 1.60. The Bertz CT molecular complexity index is 772. The van der Waals surface area contributed by atoms with Crippen molar-refractivity contribution in [3.63, 3.8) is 0 Å². The van der Waals surface area contributed by atoms with Gasteiger partial charge < -0.3 is 19.7 Å². The summed E-state index contributed by atoms with van der Waals surface area (Å²) in [5.41, 5.74) is 0.491. The van der Waals surface area contributed by atoms with E-state index < -0.39 is 0 Å². The van der Waals surface area contributed by atoms with Gasteiger partial charge in [0.15, 0.2) is 17.3 Å². The lowest BCUT2D eigenvalue weighted by Gasteiger charge is -2.34. The van der Waals surface area contributed by atoms with Gasteiger partial charge in [-0.1, -0.05) is 5.21 Å². The molecule has 2 aromatic rings. The zero-order chi connectivity index (χ0) is 20.1. The minimum atomic E-state index is -0.363. The van der Waals surface area contributed by atoms with Crippen LogP contribution in [0.2, 0.25) is 0 Å². The summed E-state index contributed by atoms with van der Waals surface area (Å²) in [4.78, 5) is 15.1. The van der Waals surface area contributed by atoms with Crippen LogP contribution in [0.1, 0.15) is 55.8 Å². The summed E-state index contributed by atoms with van der Waals surface area (Å²) in [6.45, 7) is 8.23. The second kappa shape index (κ2) is 9.01. The normalized spacial score (nSPS) is 16.8. The Morgan fingerprint density at radius 1 is 1.25 bits per heavy atom. The van der Waals surface area contributed by atoms with E-state index in [1.807, 2.05) is 0 Å². The molecule has 1 aromatic carbocycles. The fourth-order valence-corrected chi connectivity index (χ4v) is 3.30. The first kappa shape index (κ1) is 20.1. The van der Waals surface area contributed by atoms with Gasteiger partial charge in [0, 0.05) is 24.7 Å². The van der Waals surface area contributed by atoms with Gasteiger partial charge in [-0.05, 0) is 51.8 Å². The van der Waals surface area contributed by atoms with E-state index in [0.29, 0.717) is 28.9 Å². The number of tetrazole rings is 1. The fourth-order valence-electron chi connectivity index (χ4n) is 3.30. The Morgan fingerprint density at radius 3 is 2.61 bits per heavy atom. The molecule has 9 heteroatoms. The number of likely N-dealkylation sites (tertiary alicyclic amines) is 1. The monoisotopic (exact) mass is 388 g/mol. The molecule has 1 atom stereocenters. The van der Waals surface area contributed by atoms with Crippen molar-refractivity contribution in [2.45, 2.75) is 51.8 Å². The highest BCUT2D eigenvalue weighted by atomic mass is 16.5. The van der Waals surface area contributed by atoms with E-state index in [-0.39, 0.29) is 18.1 Å². The maximum atomic E-state index is 12.6. The molecule has 1 fully saturated rings. The number of benzene rings is 1. The molecule has 0 aliphatic carbocycles. The first-order valence-electron chi connectivity index (χ1n) is 9.61. The van der Waals surface area contributed by atoms with Crippen molar-refractivity contribution in [2.24, 2.45) is 0 Å². The molecule has 2 heterocycles. The van der Waals surface area contributed by atoms with Crippen molar-refractivity contribution in [3.05, 3.63) is 29.6 Å². The highest BCUT2D eigenvalue weighted by molar-refractivity contribution is 5.95. The van der Waals surface area contributed by atoms with Crippen LogP contribution in [0, 0.1) is 0 Å². The molecule has 1 aliphatic heterocycles. The molecule has 0 unspecified atom stereocenters. The van der Waals surface area contributed by atoms with Gasteiger partial charge in [-0.25, -0.2) is 0 Å². The van der Waals surface area contributed by atoms with Crippen LogP contribution in [0.4, 0.5) is 0 Å². The second-order valence-corrected chi connectivity index (χ2v) is 7.28. The Balaban J connectivity index is 1.67. The average Bonchev–Trinajstić information content (AvgIpc) is 3.23. The standard InChI is InChI=1S/C19H28N6O3/c1-12(2)25-9-7-15(8-10-25)28-17-11-14(5-6-16(17)27-4)19(26)20-13(3)18-21-23-24-22-18/h5-6,11-13,15H,7-10H2,1-4H3,(H,20,26)(H,21,22,23,24)/t13-/m1/s1. The number of rotatable bonds is 7. The Hall–Kier alpha value is -2.68. The third-order valence-corrected chi connectivity index (χ3v) is 5.02. The molecule has 1 saturated heterocycles. The Kier molecular flexibility index (Phi) is 6.45. The average molecular weight is 388 g/mol. The molecule has 1 amide bonds. The fraction of sp³-hybridized carbons (Fsp3) is 0.579. The van der Waals surface area contributed by atoms with Crippen molar-refractivity contribution in [1.29, 1.82) is 0 Å². The topological polar surface area (TPSA) is 105 Å². The first-order chi connectivity index (χ1) is 13.5. The third kappa shape index (κ3) is 4.78. The number of amides is 1. The van der Waals surface area contributed by atoms with Crippen LogP contribution in [-0.4, -0.2) is 63.8 Å². The SMILES string of the molecule is COc1ccc(C(=O)N[C@H](C)c2nn[nH]n2)cc1OC1CCN(C(C)C)CC1. The van der Waals surface area contributed by atoms with Gasteiger partial charge >= 0.3 is 0 Å². The lowest BCUT2D eigenvalue weighted by molar-refractivity contribution is 0.0818. The van der Waals surface area contributed by atoms with E-state index >= 15 is 0 Å². The van der Waals surface area contributed by atoms with Gasteiger partial charge in [-0.15, -0.1) is 10.2 Å². The van der Waals surface area contributed by atoms with Gasteiger partial charge in [0.1, 0.15) is 6.10 Å². The molecular formula is C19H28N6O3. The van der Waals surface area contributed by atoms with Crippen LogP contribution in [-0.2, 0) is 0 Å². The number of aromatic amines is 1. The quantitative estimate of drug-likeness (QED) is 0.747. The van der Waals surface area contributed by atoms with E-state index in [4.69, 9.17) is 9.47 Å². The Labute approximate surface area is 164 Å². The smallest absolute Gasteiger partial charge is 0.252 e. The van der Waals surface area contributed by atoms with Gasteiger partial charge in [0.05, 0.1) is 13.2 Å². The largest absolute Gasteiger partial charge is 0.493 e. The molecule has 1 aromatic heterocycles. The second-order valence-electron chi connectivity index (χ2n) is 7.28. The minimum Gasteiger partial charge on any atom is -0.493 e. The maximum Gasteiger partial charge on any atom is 0.252 e. The van der Waals surface area contributed by atoms with Gasteiger partial charge in [-0.2, -0.15) is 5.21 Å². The molecule has 28 heavy (non-hydrogen) atoms. The molecule has 0 bridgehead atoms. The van der Waals surface area contributed by atoms with E-state index in [0.717, 1.165) is 25.9 Å². The molecule has 3 rings (SSSR count). The van der Waals surface area contributed by atoms with Crippen LogP contribution >= 0.6 is 0 Å². The minimum absolute atomic E-state index is 0.112. The summed E-state index contributed by atoms with van der Waals surface area (Å²) in [6.07, 6.45) is 2.01. The summed E-state index contributed by atoms with van der Waals surface area (Å²) in [5.74, 6) is 1.40. The Morgan fingerprint density at radius 2 is 2.00 bits per heavy atom. The maximum absolute atomic E-state index is 12.6. The summed E-state index contributed by atoms with van der Waals surface area (Å²) in [5, 5.41) is 16.5. The van der Waals surface area contributed by atoms with E-state index in [2.05, 4.69) is 44.7 Å². The number of ether oxygens (including phenoxy) is 2. The number of aromatic nitrogens is 4. The number of hydrogen-bond donors (Lipinski definition) is 2. The third-order valence-electron chi connectivity index (χ3n) is 5.02. The van der Waals surface area contributed by atoms with Gasteiger partial charge in [0.2, 0.25) is 0 Å². The highest BCUT2D eigenvalue weighted by Crippen LogP contribution is 2.31. The molecular weight excluding hydrogens is 360 g/mol. The number of hydrogen-bond acceptors (Lipinski definition) is 7. The number of methoxy groups -OCH3 is 1. The lowest BCUT2D eigenvalue weighted by Crippen LogP contribution is -2.41. The predicted octanol–water partition coefficient (Wildman–Crippen LogP) is 1.95. The van der Waals surface area contributed by atoms with E-state index in [1.54, 1.807) is 32.2 Å². The van der Waals surface area contributed by atoms with Crippen molar-refractivity contribution < 1.29 is 14.3 Å². The number of nitrogens with one attached hydrogen (secondary N) is 2. The molecule has 152 valence electrons. The van der Waals surface area contributed by atoms with Crippen molar-refractivity contribution in [1.82, 2.24) is 30.8 Å². The summed E-state index contributed by atoms with van der Waals surface area (Å²) < 4.78 is 11.6. The van der Waals surface area contributed by atoms with Gasteiger partial charge in [-0.3, -0.25) is 4.79 Å². The van der Waals surface area contributed by atoms with Gasteiger partial charge in [0.25, 0.3) is 5.91 Å². The molecule has 0 spiro atoms. The zero-order valence-electron chi connectivity index (χ0n) is 16.8. The number of carbonyl (C=O) groups excluding carboxylic acids is 1. The van der Waals surface area contributed by atoms with Crippen LogP contribution < -0.4 is 14.8 Å². The van der Waals surface area contributed by atoms with Crippen molar-refractivity contribution in [2.75, 3.05) is 20.2 Å². The number of piperidine rings is 1. The molecule has 0 saturated carbocycles. The highest BCUT2D eigenvalue weighted by Gasteiger charge is 2.24. The summed E-state index contributed by atoms with van der Waals surface area (Å²) in [6, 6.07) is 5.38. The van der Waals surface area contributed by atoms with Crippen molar-refractivity contribution in [3.8, 4) is 11.5 Å². The molecule has 2 N–H and O–H groups in total. The number of H-pyrrole nitrogens is 1. The first-order valence-corrected chi connectivity index (χ1v) is 9.61. The van der Waals surface area contributed by atoms with Crippen LogP contribution in [0.3, 0.4) is 0 Å². The lowest BCUT2D eigenvalue weighted by atomic mass is 10.1. The van der Waals surface area contributed by atoms with E-state index in [1.165, 1.54) is 0 Å². The predicted molar refractivity (Wildman–Crippen MR) is 103 cm³/mol. The molecule has 0 radical (unpaired) electrons. The summed E-state index contributed by atoms with van der Waals surface area (Å²) >= 11 is 0. The molecule has 1 aliphatic rings.